The summed E-state index contributed by atoms with van der Waals surface area (Å²) in [7, 11) is 0. The summed E-state index contributed by atoms with van der Waals surface area (Å²) in [5, 5.41) is 9.31. The highest BCUT2D eigenvalue weighted by Crippen LogP contribution is 2.45. The van der Waals surface area contributed by atoms with Crippen molar-refractivity contribution in [2.24, 2.45) is 5.41 Å². The number of likely N-dealkylation sites (tertiary alicyclic amines) is 2. The third kappa shape index (κ3) is 3.45. The Kier molecular flexibility index (Phi) is 5.46. The van der Waals surface area contributed by atoms with Gasteiger partial charge in [-0.25, -0.2) is 0 Å². The highest BCUT2D eigenvalue weighted by molar-refractivity contribution is 5.89. The third-order valence-electron chi connectivity index (χ3n) is 7.26. The van der Waals surface area contributed by atoms with Crippen molar-refractivity contribution in [1.82, 2.24) is 9.80 Å². The molecular formula is C23H32N2O3. The summed E-state index contributed by atoms with van der Waals surface area (Å²) >= 11 is 0. The largest absolute Gasteiger partial charge is 0.395 e. The topological polar surface area (TPSA) is 60.9 Å². The normalized spacial score (nSPS) is 27.4. The smallest absolute Gasteiger partial charge is 0.233 e. The number of aliphatic hydroxyl groups is 1. The maximum Gasteiger partial charge on any atom is 0.233 e. The van der Waals surface area contributed by atoms with Crippen molar-refractivity contribution in [1.29, 1.82) is 0 Å². The number of aliphatic hydroxyl groups excluding tert-OH is 1. The minimum atomic E-state index is -0.366. The van der Waals surface area contributed by atoms with E-state index in [0.29, 0.717) is 25.4 Å². The van der Waals surface area contributed by atoms with Gasteiger partial charge in [0.05, 0.1) is 12.0 Å². The van der Waals surface area contributed by atoms with E-state index >= 15 is 0 Å². The van der Waals surface area contributed by atoms with Crippen molar-refractivity contribution in [3.8, 4) is 0 Å². The maximum atomic E-state index is 13.8. The average Bonchev–Trinajstić information content (AvgIpc) is 3.23. The van der Waals surface area contributed by atoms with Crippen LogP contribution in [0.3, 0.4) is 0 Å². The fourth-order valence-electron chi connectivity index (χ4n) is 5.81. The minimum absolute atomic E-state index is 0.00157. The number of rotatable bonds is 4. The van der Waals surface area contributed by atoms with E-state index in [1.807, 2.05) is 18.2 Å². The molecule has 3 aliphatic rings. The molecule has 0 unspecified atom stereocenters. The van der Waals surface area contributed by atoms with E-state index in [9.17, 15) is 14.7 Å². The minimum Gasteiger partial charge on any atom is -0.395 e. The molecule has 5 nitrogen and oxygen atoms in total. The molecular weight excluding hydrogens is 352 g/mol. The summed E-state index contributed by atoms with van der Waals surface area (Å²) in [4.78, 5) is 29.9. The van der Waals surface area contributed by atoms with Gasteiger partial charge in [-0.2, -0.15) is 0 Å². The molecule has 1 aromatic rings. The number of nitrogens with zero attached hydrogens (tertiary/aromatic N) is 2. The zero-order chi connectivity index (χ0) is 19.6. The SMILES string of the molecule is O=C1CC[C@@]2(CCCN(C(=O)C3(c4ccccc4)CCCC3)C2)CN1CCO. The molecule has 1 saturated carbocycles. The van der Waals surface area contributed by atoms with Crippen LogP contribution in [0.25, 0.3) is 0 Å². The summed E-state index contributed by atoms with van der Waals surface area (Å²) in [6.45, 7) is 2.65. The maximum absolute atomic E-state index is 13.8. The Hall–Kier alpha value is -1.88. The Bertz CT molecular complexity index is 714. The molecule has 5 heteroatoms. The van der Waals surface area contributed by atoms with E-state index in [2.05, 4.69) is 17.0 Å². The van der Waals surface area contributed by atoms with Crippen LogP contribution in [0, 0.1) is 5.41 Å². The van der Waals surface area contributed by atoms with E-state index in [0.717, 1.165) is 63.6 Å². The van der Waals surface area contributed by atoms with Crippen LogP contribution in [0.2, 0.25) is 0 Å². The molecule has 2 aliphatic heterocycles. The van der Waals surface area contributed by atoms with Crippen LogP contribution in [-0.4, -0.2) is 59.5 Å². The number of hydrogen-bond donors (Lipinski definition) is 1. The van der Waals surface area contributed by atoms with Gasteiger partial charge < -0.3 is 14.9 Å². The molecule has 0 radical (unpaired) electrons. The second-order valence-corrected chi connectivity index (χ2v) is 9.02. The number of piperidine rings is 2. The average molecular weight is 385 g/mol. The number of carbonyl (C=O) groups excluding carboxylic acids is 2. The summed E-state index contributed by atoms with van der Waals surface area (Å²) in [6.07, 6.45) is 7.55. The Labute approximate surface area is 167 Å². The lowest BCUT2D eigenvalue weighted by Crippen LogP contribution is -2.57. The summed E-state index contributed by atoms with van der Waals surface area (Å²) in [5.74, 6) is 0.431. The molecule has 152 valence electrons. The van der Waals surface area contributed by atoms with Crippen LogP contribution in [0.4, 0.5) is 0 Å². The van der Waals surface area contributed by atoms with Gasteiger partial charge >= 0.3 is 0 Å². The molecule has 28 heavy (non-hydrogen) atoms. The van der Waals surface area contributed by atoms with Gasteiger partial charge in [-0.3, -0.25) is 9.59 Å². The van der Waals surface area contributed by atoms with Gasteiger partial charge in [0.2, 0.25) is 11.8 Å². The molecule has 1 aromatic carbocycles. The third-order valence-corrected chi connectivity index (χ3v) is 7.26. The first-order chi connectivity index (χ1) is 13.6. The lowest BCUT2D eigenvalue weighted by atomic mass is 9.71. The lowest BCUT2D eigenvalue weighted by molar-refractivity contribution is -0.146. The highest BCUT2D eigenvalue weighted by atomic mass is 16.3. The van der Waals surface area contributed by atoms with Crippen molar-refractivity contribution in [3.05, 3.63) is 35.9 Å². The van der Waals surface area contributed by atoms with Crippen molar-refractivity contribution in [2.45, 2.75) is 56.8 Å². The second kappa shape index (κ2) is 7.86. The second-order valence-electron chi connectivity index (χ2n) is 9.02. The first-order valence-corrected chi connectivity index (χ1v) is 10.8. The van der Waals surface area contributed by atoms with Gasteiger partial charge in [-0.1, -0.05) is 43.2 Å². The molecule has 2 amide bonds. The fourth-order valence-corrected chi connectivity index (χ4v) is 5.81. The van der Waals surface area contributed by atoms with Crippen molar-refractivity contribution >= 4 is 11.8 Å². The van der Waals surface area contributed by atoms with Crippen LogP contribution in [0.1, 0.15) is 56.9 Å². The summed E-state index contributed by atoms with van der Waals surface area (Å²) < 4.78 is 0. The van der Waals surface area contributed by atoms with E-state index < -0.39 is 0 Å². The monoisotopic (exact) mass is 384 g/mol. The Morgan fingerprint density at radius 1 is 1.00 bits per heavy atom. The van der Waals surface area contributed by atoms with Crippen LogP contribution in [0.5, 0.6) is 0 Å². The van der Waals surface area contributed by atoms with E-state index in [4.69, 9.17) is 0 Å². The number of β-amino-alcohol motifs (C(OH)–C–C–N with tert-alkyl or cyclic N) is 1. The molecule has 4 rings (SSSR count). The number of hydrogen-bond acceptors (Lipinski definition) is 3. The predicted octanol–water partition coefficient (Wildman–Crippen LogP) is 2.72. The fraction of sp³-hybridized carbons (Fsp3) is 0.652. The van der Waals surface area contributed by atoms with E-state index in [-0.39, 0.29) is 23.3 Å². The van der Waals surface area contributed by atoms with Gasteiger partial charge in [0, 0.05) is 38.0 Å². The predicted molar refractivity (Wildman–Crippen MR) is 108 cm³/mol. The summed E-state index contributed by atoms with van der Waals surface area (Å²) in [5.41, 5.74) is 0.792. The molecule has 0 aromatic heterocycles. The zero-order valence-corrected chi connectivity index (χ0v) is 16.7. The first kappa shape index (κ1) is 19.4. The molecule has 2 heterocycles. The molecule has 1 aliphatic carbocycles. The molecule has 1 spiro atoms. The molecule has 1 N–H and O–H groups in total. The molecule has 1 atom stereocenters. The number of benzene rings is 1. The van der Waals surface area contributed by atoms with Crippen molar-refractivity contribution in [3.63, 3.8) is 0 Å². The molecule has 0 bridgehead atoms. The van der Waals surface area contributed by atoms with Crippen LogP contribution in [0.15, 0.2) is 30.3 Å². The quantitative estimate of drug-likeness (QED) is 0.868. The zero-order valence-electron chi connectivity index (χ0n) is 16.7. The Morgan fingerprint density at radius 3 is 2.46 bits per heavy atom. The molecule has 2 saturated heterocycles. The van der Waals surface area contributed by atoms with Crippen LogP contribution in [-0.2, 0) is 15.0 Å². The van der Waals surface area contributed by atoms with Crippen LogP contribution >= 0.6 is 0 Å². The van der Waals surface area contributed by atoms with Crippen LogP contribution < -0.4 is 0 Å². The van der Waals surface area contributed by atoms with Gasteiger partial charge in [0.15, 0.2) is 0 Å². The van der Waals surface area contributed by atoms with Gasteiger partial charge in [0.25, 0.3) is 0 Å². The van der Waals surface area contributed by atoms with Crippen molar-refractivity contribution < 1.29 is 14.7 Å². The first-order valence-electron chi connectivity index (χ1n) is 10.8. The van der Waals surface area contributed by atoms with Gasteiger partial charge in [-0.05, 0) is 37.7 Å². The van der Waals surface area contributed by atoms with E-state index in [1.54, 1.807) is 4.90 Å². The van der Waals surface area contributed by atoms with Gasteiger partial charge in [0.1, 0.15) is 0 Å². The number of carbonyl (C=O) groups is 2. The highest BCUT2D eigenvalue weighted by Gasteiger charge is 2.48. The standard InChI is InChI=1S/C23H32N2O3/c26-16-15-24-17-22(13-9-20(24)27)10-6-14-25(18-22)21(28)23(11-4-5-12-23)19-7-2-1-3-8-19/h1-3,7-8,26H,4-6,9-18H2/t22-/m0/s1. The Morgan fingerprint density at radius 2 is 1.75 bits per heavy atom. The lowest BCUT2D eigenvalue weighted by Gasteiger charge is -2.49. The van der Waals surface area contributed by atoms with E-state index in [1.165, 1.54) is 0 Å². The Balaban J connectivity index is 1.55. The summed E-state index contributed by atoms with van der Waals surface area (Å²) in [6, 6.07) is 10.3. The van der Waals surface area contributed by atoms with Crippen molar-refractivity contribution in [2.75, 3.05) is 32.8 Å². The number of amides is 2. The van der Waals surface area contributed by atoms with Gasteiger partial charge in [-0.15, -0.1) is 0 Å². The molecule has 3 fully saturated rings.